The molecular weight excluding hydrogens is 504 g/mol. The van der Waals surface area contributed by atoms with Crippen molar-refractivity contribution in [3.05, 3.63) is 23.8 Å². The summed E-state index contributed by atoms with van der Waals surface area (Å²) in [7, 11) is 1.38. The Morgan fingerprint density at radius 3 is 2.08 bits per heavy atom. The van der Waals surface area contributed by atoms with E-state index in [0.717, 1.165) is 26.2 Å². The number of carbonyl (C=O) groups is 5. The largest absolute Gasteiger partial charge is 0.495 e. The highest BCUT2D eigenvalue weighted by atomic mass is 16.6. The van der Waals surface area contributed by atoms with Gasteiger partial charge in [0.05, 0.1) is 25.0 Å². The lowest BCUT2D eigenvalue weighted by Gasteiger charge is -2.22. The first-order valence-corrected chi connectivity index (χ1v) is 13.8. The monoisotopic (exact) mass is 546 g/mol. The van der Waals surface area contributed by atoms with E-state index >= 15 is 0 Å². The normalized spacial score (nSPS) is 15.1. The number of ether oxygens (including phenoxy) is 3. The fourth-order valence-electron chi connectivity index (χ4n) is 4.36. The van der Waals surface area contributed by atoms with Gasteiger partial charge in [-0.25, -0.2) is 14.5 Å². The zero-order valence-corrected chi connectivity index (χ0v) is 23.8. The molecule has 0 bridgehead atoms. The number of carbonyl (C=O) groups excluding carboxylic acids is 5. The van der Waals surface area contributed by atoms with Gasteiger partial charge in [0.25, 0.3) is 11.8 Å². The van der Waals surface area contributed by atoms with E-state index in [1.165, 1.54) is 84.1 Å². The number of anilines is 1. The molecule has 39 heavy (non-hydrogen) atoms. The van der Waals surface area contributed by atoms with Gasteiger partial charge in [0.2, 0.25) is 0 Å². The zero-order chi connectivity index (χ0) is 29.0. The predicted octanol–water partition coefficient (Wildman–Crippen LogP) is 5.43. The van der Waals surface area contributed by atoms with Crippen molar-refractivity contribution in [3.63, 3.8) is 0 Å². The van der Waals surface area contributed by atoms with Crippen molar-refractivity contribution in [2.45, 2.75) is 104 Å². The second-order valence-corrected chi connectivity index (χ2v) is 10.3. The Balaban J connectivity index is 1.93. The van der Waals surface area contributed by atoms with Crippen molar-refractivity contribution in [1.82, 2.24) is 4.90 Å². The smallest absolute Gasteiger partial charge is 0.418 e. The lowest BCUT2D eigenvalue weighted by molar-refractivity contribution is -0.142. The van der Waals surface area contributed by atoms with Crippen molar-refractivity contribution in [2.75, 3.05) is 19.0 Å². The van der Waals surface area contributed by atoms with Crippen LogP contribution in [0.25, 0.3) is 0 Å². The summed E-state index contributed by atoms with van der Waals surface area (Å²) in [5.74, 6) is -2.83. The zero-order valence-electron chi connectivity index (χ0n) is 23.8. The summed E-state index contributed by atoms with van der Waals surface area (Å²) in [6.07, 6.45) is 10.6. The van der Waals surface area contributed by atoms with Crippen LogP contribution in [0, 0.1) is 0 Å². The molecule has 1 aliphatic heterocycles. The van der Waals surface area contributed by atoms with E-state index in [1.807, 2.05) is 0 Å². The number of esters is 1. The second-order valence-electron chi connectivity index (χ2n) is 10.3. The van der Waals surface area contributed by atoms with Gasteiger partial charge in [-0.2, -0.15) is 0 Å². The summed E-state index contributed by atoms with van der Waals surface area (Å²) >= 11 is 0. The minimum Gasteiger partial charge on any atom is -0.495 e. The van der Waals surface area contributed by atoms with Crippen LogP contribution < -0.4 is 10.1 Å². The topological polar surface area (TPSA) is 128 Å². The Labute approximate surface area is 230 Å². The molecule has 3 amide bonds. The van der Waals surface area contributed by atoms with Crippen molar-refractivity contribution in [1.29, 1.82) is 0 Å². The molecule has 0 spiro atoms. The number of benzene rings is 1. The summed E-state index contributed by atoms with van der Waals surface area (Å²) in [4.78, 5) is 63.4. The number of imide groups is 1. The van der Waals surface area contributed by atoms with E-state index in [0.29, 0.717) is 4.90 Å². The molecule has 1 aromatic rings. The summed E-state index contributed by atoms with van der Waals surface area (Å²) in [5.41, 5.74) is -1.24. The molecule has 1 saturated heterocycles. The van der Waals surface area contributed by atoms with Crippen LogP contribution in [-0.2, 0) is 23.9 Å². The predicted molar refractivity (Wildman–Crippen MR) is 146 cm³/mol. The molecule has 216 valence electrons. The van der Waals surface area contributed by atoms with Crippen LogP contribution in [0.15, 0.2) is 18.2 Å². The van der Waals surface area contributed by atoms with Gasteiger partial charge in [-0.3, -0.25) is 14.4 Å². The molecule has 1 N–H and O–H groups in total. The molecular formula is C29H42N2O8. The fourth-order valence-corrected chi connectivity index (χ4v) is 4.36. The highest BCUT2D eigenvalue weighted by Gasteiger charge is 2.53. The quantitative estimate of drug-likeness (QED) is 0.156. The highest BCUT2D eigenvalue weighted by molar-refractivity contribution is 6.17. The van der Waals surface area contributed by atoms with Gasteiger partial charge in [-0.05, 0) is 45.4 Å². The number of rotatable bonds is 17. The van der Waals surface area contributed by atoms with Crippen LogP contribution in [0.3, 0.4) is 0 Å². The fraction of sp³-hybridized carbons (Fsp3) is 0.621. The molecule has 1 aliphatic rings. The van der Waals surface area contributed by atoms with Crippen LogP contribution in [0.5, 0.6) is 5.75 Å². The van der Waals surface area contributed by atoms with Crippen LogP contribution in [0.4, 0.5) is 10.5 Å². The maximum absolute atomic E-state index is 13.1. The van der Waals surface area contributed by atoms with Gasteiger partial charge in [-0.15, -0.1) is 0 Å². The van der Waals surface area contributed by atoms with Crippen molar-refractivity contribution in [2.24, 2.45) is 0 Å². The van der Waals surface area contributed by atoms with E-state index in [9.17, 15) is 24.0 Å². The first kappa shape index (κ1) is 31.8. The molecule has 0 saturated carbocycles. The molecule has 10 heteroatoms. The molecule has 2 rings (SSSR count). The van der Waals surface area contributed by atoms with Gasteiger partial charge >= 0.3 is 12.1 Å². The number of Topliss-reactive ketones (excluding diaryl/α,β-unsaturated/α-hetero) is 1. The number of unbranched alkanes of at least 4 members (excludes halogenated alkanes) is 9. The van der Waals surface area contributed by atoms with Crippen LogP contribution in [0.2, 0.25) is 0 Å². The number of methoxy groups -OCH3 is 1. The molecule has 0 aliphatic carbocycles. The third-order valence-corrected chi connectivity index (χ3v) is 6.59. The van der Waals surface area contributed by atoms with E-state index in [-0.39, 0.29) is 23.6 Å². The van der Waals surface area contributed by atoms with Gasteiger partial charge in [0.15, 0.2) is 17.4 Å². The van der Waals surface area contributed by atoms with Gasteiger partial charge < -0.3 is 19.5 Å². The number of hydrogen-bond donors (Lipinski definition) is 1. The lowest BCUT2D eigenvalue weighted by Crippen LogP contribution is -2.52. The molecule has 1 fully saturated rings. The van der Waals surface area contributed by atoms with Crippen LogP contribution in [-0.4, -0.2) is 59.9 Å². The Morgan fingerprint density at radius 1 is 0.974 bits per heavy atom. The minimum atomic E-state index is -1.75. The summed E-state index contributed by atoms with van der Waals surface area (Å²) in [6.45, 7) is 6.33. The SMILES string of the molecule is CCCCCCCCCCCCOC(=O)c1ccc(OC)c(NC(=O)C(C(C)=O)N2C(=O)OC(C)(C)C2=O)c1. The van der Waals surface area contributed by atoms with E-state index < -0.39 is 41.3 Å². The Bertz CT molecular complexity index is 1040. The lowest BCUT2D eigenvalue weighted by atomic mass is 10.1. The summed E-state index contributed by atoms with van der Waals surface area (Å²) < 4.78 is 15.7. The van der Waals surface area contributed by atoms with E-state index in [2.05, 4.69) is 12.2 Å². The van der Waals surface area contributed by atoms with Crippen LogP contribution >= 0.6 is 0 Å². The first-order chi connectivity index (χ1) is 18.5. The molecule has 0 aromatic heterocycles. The number of hydrogen-bond acceptors (Lipinski definition) is 8. The third-order valence-electron chi connectivity index (χ3n) is 6.59. The molecule has 1 unspecified atom stereocenters. The van der Waals surface area contributed by atoms with E-state index in [4.69, 9.17) is 14.2 Å². The highest BCUT2D eigenvalue weighted by Crippen LogP contribution is 2.29. The molecule has 1 aromatic carbocycles. The van der Waals surface area contributed by atoms with Crippen LogP contribution in [0.1, 0.15) is 102 Å². The van der Waals surface area contributed by atoms with E-state index in [1.54, 1.807) is 0 Å². The third kappa shape index (κ3) is 9.07. The maximum atomic E-state index is 13.1. The molecule has 10 nitrogen and oxygen atoms in total. The van der Waals surface area contributed by atoms with Crippen molar-refractivity contribution in [3.8, 4) is 5.75 Å². The Kier molecular flexibility index (Phi) is 12.4. The maximum Gasteiger partial charge on any atom is 0.418 e. The average Bonchev–Trinajstić information content (AvgIpc) is 3.08. The second kappa shape index (κ2) is 15.2. The molecule has 1 heterocycles. The molecule has 1 atom stereocenters. The van der Waals surface area contributed by atoms with Gasteiger partial charge in [0, 0.05) is 0 Å². The minimum absolute atomic E-state index is 0.0846. The number of cyclic esters (lactones) is 1. The van der Waals surface area contributed by atoms with Gasteiger partial charge in [-0.1, -0.05) is 64.7 Å². The number of nitrogens with zero attached hydrogens (tertiary/aromatic N) is 1. The Morgan fingerprint density at radius 2 is 1.56 bits per heavy atom. The van der Waals surface area contributed by atoms with Crippen molar-refractivity contribution < 1.29 is 38.2 Å². The van der Waals surface area contributed by atoms with Crippen molar-refractivity contribution >= 4 is 35.3 Å². The summed E-state index contributed by atoms with van der Waals surface area (Å²) in [5, 5.41) is 2.50. The Hall–Kier alpha value is -3.43. The number of nitrogens with one attached hydrogen (secondary N) is 1. The number of amides is 3. The standard InChI is InChI=1S/C29H42N2O8/c1-6-7-8-9-10-11-12-13-14-15-18-38-26(34)21-16-17-23(37-5)22(19-21)30-25(33)24(20(2)32)31-27(35)29(3,4)39-28(31)36/h16-17,19,24H,6-15,18H2,1-5H3,(H,30,33). The first-order valence-electron chi connectivity index (χ1n) is 13.8. The summed E-state index contributed by atoms with van der Waals surface area (Å²) in [6, 6.07) is 2.60. The molecule has 0 radical (unpaired) electrons. The average molecular weight is 547 g/mol. The van der Waals surface area contributed by atoms with Gasteiger partial charge in [0.1, 0.15) is 5.75 Å². The number of ketones is 1.